The summed E-state index contributed by atoms with van der Waals surface area (Å²) < 4.78 is 0. The first-order chi connectivity index (χ1) is 7.79. The molecule has 0 unspecified atom stereocenters. The fraction of sp³-hybridized carbons (Fsp3) is 0.308. The summed E-state index contributed by atoms with van der Waals surface area (Å²) >= 11 is 0. The third kappa shape index (κ3) is 2.56. The molecule has 0 saturated heterocycles. The van der Waals surface area contributed by atoms with Crippen molar-refractivity contribution in [3.8, 4) is 0 Å². The number of nitrogens with zero attached hydrogens (tertiary/aromatic N) is 1. The summed E-state index contributed by atoms with van der Waals surface area (Å²) in [5, 5.41) is 13.3. The van der Waals surface area contributed by atoms with E-state index in [1.54, 1.807) is 0 Å². The quantitative estimate of drug-likeness (QED) is 0.817. The number of hydrogen-bond acceptors (Lipinski definition) is 3. The fourth-order valence-corrected chi connectivity index (χ4v) is 1.55. The van der Waals surface area contributed by atoms with Crippen LogP contribution >= 0.6 is 0 Å². The second-order valence-corrected chi connectivity index (χ2v) is 3.96. The lowest BCUT2D eigenvalue weighted by Crippen LogP contribution is -2.28. The Labute approximate surface area is 95.1 Å². The number of para-hydroxylation sites is 1. The Morgan fingerprint density at radius 2 is 2.06 bits per heavy atom. The van der Waals surface area contributed by atoms with Crippen molar-refractivity contribution in [3.05, 3.63) is 42.1 Å². The van der Waals surface area contributed by atoms with E-state index in [0.29, 0.717) is 6.54 Å². The van der Waals surface area contributed by atoms with Gasteiger partial charge >= 0.3 is 0 Å². The van der Waals surface area contributed by atoms with Crippen LogP contribution in [-0.2, 0) is 6.54 Å². The molecule has 0 fully saturated rings. The zero-order valence-corrected chi connectivity index (χ0v) is 9.35. The first-order valence-electron chi connectivity index (χ1n) is 5.48. The molecule has 3 nitrogen and oxygen atoms in total. The van der Waals surface area contributed by atoms with Gasteiger partial charge in [0.1, 0.15) is 0 Å². The first-order valence-corrected chi connectivity index (χ1v) is 5.48. The molecule has 1 aromatic heterocycles. The van der Waals surface area contributed by atoms with Crippen LogP contribution in [0.5, 0.6) is 0 Å². The predicted molar refractivity (Wildman–Crippen MR) is 65.1 cm³/mol. The Morgan fingerprint density at radius 3 is 2.88 bits per heavy atom. The number of aliphatic hydroxyl groups is 1. The van der Waals surface area contributed by atoms with Crippen LogP contribution in [0.1, 0.15) is 12.6 Å². The lowest BCUT2D eigenvalue weighted by Gasteiger charge is -2.10. The molecular formula is C13H16N2O. The molecule has 0 radical (unpaired) electrons. The normalized spacial score (nSPS) is 12.9. The Balaban J connectivity index is 2.13. The molecule has 2 N–H and O–H groups in total. The first kappa shape index (κ1) is 11.0. The maximum atomic E-state index is 8.90. The van der Waals surface area contributed by atoms with Crippen LogP contribution in [-0.4, -0.2) is 22.7 Å². The molecule has 1 heterocycles. The van der Waals surface area contributed by atoms with E-state index in [1.807, 2.05) is 31.2 Å². The number of pyridine rings is 1. The van der Waals surface area contributed by atoms with Crippen LogP contribution in [0.4, 0.5) is 0 Å². The SMILES string of the molecule is C[C@@H](CO)NCc1ccc2ccccc2n1. The molecule has 16 heavy (non-hydrogen) atoms. The van der Waals surface area contributed by atoms with Crippen molar-refractivity contribution >= 4 is 10.9 Å². The van der Waals surface area contributed by atoms with E-state index in [-0.39, 0.29) is 12.6 Å². The number of aliphatic hydroxyl groups excluding tert-OH is 1. The molecular weight excluding hydrogens is 200 g/mol. The monoisotopic (exact) mass is 216 g/mol. The molecule has 1 atom stereocenters. The molecule has 0 spiro atoms. The topological polar surface area (TPSA) is 45.1 Å². The Bertz CT molecular complexity index is 470. The van der Waals surface area contributed by atoms with Crippen molar-refractivity contribution < 1.29 is 5.11 Å². The molecule has 0 aliphatic rings. The van der Waals surface area contributed by atoms with Crippen LogP contribution in [0.2, 0.25) is 0 Å². The Kier molecular flexibility index (Phi) is 3.49. The summed E-state index contributed by atoms with van der Waals surface area (Å²) in [6.45, 7) is 2.78. The van der Waals surface area contributed by atoms with Gasteiger partial charge < -0.3 is 10.4 Å². The van der Waals surface area contributed by atoms with Crippen LogP contribution in [0.25, 0.3) is 10.9 Å². The van der Waals surface area contributed by atoms with Gasteiger partial charge in [-0.3, -0.25) is 4.98 Å². The van der Waals surface area contributed by atoms with Crippen molar-refractivity contribution in [3.63, 3.8) is 0 Å². The van der Waals surface area contributed by atoms with Crippen LogP contribution < -0.4 is 5.32 Å². The lowest BCUT2D eigenvalue weighted by molar-refractivity contribution is 0.250. The molecule has 1 aromatic carbocycles. The number of benzene rings is 1. The number of aromatic nitrogens is 1. The zero-order chi connectivity index (χ0) is 11.4. The van der Waals surface area contributed by atoms with E-state index in [1.165, 1.54) is 0 Å². The highest BCUT2D eigenvalue weighted by molar-refractivity contribution is 5.78. The van der Waals surface area contributed by atoms with E-state index < -0.39 is 0 Å². The maximum absolute atomic E-state index is 8.90. The highest BCUT2D eigenvalue weighted by Gasteiger charge is 2.01. The molecule has 2 rings (SSSR count). The summed E-state index contributed by atoms with van der Waals surface area (Å²) in [6.07, 6.45) is 0. The zero-order valence-electron chi connectivity index (χ0n) is 9.35. The van der Waals surface area contributed by atoms with Crippen LogP contribution in [0.3, 0.4) is 0 Å². The van der Waals surface area contributed by atoms with E-state index in [2.05, 4.69) is 22.4 Å². The van der Waals surface area contributed by atoms with E-state index in [0.717, 1.165) is 16.6 Å². The molecule has 0 amide bonds. The summed E-state index contributed by atoms with van der Waals surface area (Å²) in [4.78, 5) is 4.54. The predicted octanol–water partition coefficient (Wildman–Crippen LogP) is 1.71. The highest BCUT2D eigenvalue weighted by Crippen LogP contribution is 2.11. The van der Waals surface area contributed by atoms with Crippen LogP contribution in [0.15, 0.2) is 36.4 Å². The molecule has 0 saturated carbocycles. The van der Waals surface area contributed by atoms with Gasteiger partial charge in [-0.05, 0) is 19.1 Å². The van der Waals surface area contributed by atoms with Crippen molar-refractivity contribution in [2.75, 3.05) is 6.61 Å². The summed E-state index contributed by atoms with van der Waals surface area (Å²) in [5.41, 5.74) is 2.01. The average Bonchev–Trinajstić information content (AvgIpc) is 2.35. The van der Waals surface area contributed by atoms with Gasteiger partial charge in [-0.2, -0.15) is 0 Å². The third-order valence-corrected chi connectivity index (χ3v) is 2.56. The van der Waals surface area contributed by atoms with Gasteiger partial charge in [-0.15, -0.1) is 0 Å². The van der Waals surface area contributed by atoms with E-state index in [4.69, 9.17) is 5.11 Å². The van der Waals surface area contributed by atoms with Crippen molar-refractivity contribution in [1.82, 2.24) is 10.3 Å². The molecule has 2 aromatic rings. The van der Waals surface area contributed by atoms with Gasteiger partial charge in [0.15, 0.2) is 0 Å². The Morgan fingerprint density at radius 1 is 1.25 bits per heavy atom. The van der Waals surface area contributed by atoms with Gasteiger partial charge in [-0.25, -0.2) is 0 Å². The third-order valence-electron chi connectivity index (χ3n) is 2.56. The second kappa shape index (κ2) is 5.05. The second-order valence-electron chi connectivity index (χ2n) is 3.96. The highest BCUT2D eigenvalue weighted by atomic mass is 16.3. The minimum absolute atomic E-state index is 0.105. The summed E-state index contributed by atoms with van der Waals surface area (Å²) in [7, 11) is 0. The number of fused-ring (bicyclic) bond motifs is 1. The van der Waals surface area contributed by atoms with Gasteiger partial charge in [0.05, 0.1) is 17.8 Å². The average molecular weight is 216 g/mol. The minimum atomic E-state index is 0.105. The standard InChI is InChI=1S/C13H16N2O/c1-10(9-16)14-8-12-7-6-11-4-2-3-5-13(11)15-12/h2-7,10,14,16H,8-9H2,1H3/t10-/m0/s1. The largest absolute Gasteiger partial charge is 0.395 e. The van der Waals surface area contributed by atoms with Crippen molar-refractivity contribution in [1.29, 1.82) is 0 Å². The summed E-state index contributed by atoms with van der Waals surface area (Å²) in [6, 6.07) is 12.2. The molecule has 3 heteroatoms. The van der Waals surface area contributed by atoms with E-state index >= 15 is 0 Å². The van der Waals surface area contributed by atoms with Gasteiger partial charge in [-0.1, -0.05) is 24.3 Å². The van der Waals surface area contributed by atoms with E-state index in [9.17, 15) is 0 Å². The number of rotatable bonds is 4. The molecule has 0 bridgehead atoms. The fourth-order valence-electron chi connectivity index (χ4n) is 1.55. The van der Waals surface area contributed by atoms with Gasteiger partial charge in [0.2, 0.25) is 0 Å². The van der Waals surface area contributed by atoms with Crippen LogP contribution in [0, 0.1) is 0 Å². The number of hydrogen-bond donors (Lipinski definition) is 2. The Hall–Kier alpha value is -1.45. The van der Waals surface area contributed by atoms with Gasteiger partial charge in [0, 0.05) is 18.0 Å². The van der Waals surface area contributed by atoms with Crippen molar-refractivity contribution in [2.45, 2.75) is 19.5 Å². The lowest BCUT2D eigenvalue weighted by atomic mass is 10.2. The minimum Gasteiger partial charge on any atom is -0.395 e. The smallest absolute Gasteiger partial charge is 0.0705 e. The van der Waals surface area contributed by atoms with Crippen molar-refractivity contribution in [2.24, 2.45) is 0 Å². The summed E-state index contributed by atoms with van der Waals surface area (Å²) in [5.74, 6) is 0. The molecule has 0 aliphatic heterocycles. The maximum Gasteiger partial charge on any atom is 0.0705 e. The molecule has 84 valence electrons. The number of nitrogens with one attached hydrogen (secondary N) is 1. The van der Waals surface area contributed by atoms with Gasteiger partial charge in [0.25, 0.3) is 0 Å². The molecule has 0 aliphatic carbocycles.